The van der Waals surface area contributed by atoms with Crippen molar-refractivity contribution in [1.82, 2.24) is 10.2 Å². The van der Waals surface area contributed by atoms with Gasteiger partial charge in [-0.05, 0) is 26.6 Å². The van der Waals surface area contributed by atoms with E-state index in [-0.39, 0.29) is 0 Å². The van der Waals surface area contributed by atoms with E-state index in [2.05, 4.69) is 24.2 Å². The number of hydrogen-bond acceptors (Lipinski definition) is 4. The summed E-state index contributed by atoms with van der Waals surface area (Å²) in [5.74, 6) is 0.680. The third kappa shape index (κ3) is 10.1. The fourth-order valence-electron chi connectivity index (χ4n) is 1.50. The van der Waals surface area contributed by atoms with Crippen LogP contribution < -0.4 is 5.32 Å². The van der Waals surface area contributed by atoms with Gasteiger partial charge in [0, 0.05) is 20.2 Å². The molecule has 0 aliphatic rings. The number of hydrogen-bond donors (Lipinski definition) is 1. The maximum Gasteiger partial charge on any atom is 0.0700 e. The molecule has 4 heteroatoms. The Hall–Kier alpha value is -0.160. The summed E-state index contributed by atoms with van der Waals surface area (Å²) in [6, 6.07) is 0. The predicted octanol–water partition coefficient (Wildman–Crippen LogP) is 0.437. The van der Waals surface area contributed by atoms with Crippen LogP contribution in [0, 0.1) is 5.92 Å². The van der Waals surface area contributed by atoms with Crippen LogP contribution in [0.25, 0.3) is 0 Å². The van der Waals surface area contributed by atoms with E-state index in [1.165, 1.54) is 0 Å². The quantitative estimate of drug-likeness (QED) is 0.539. The molecule has 0 aromatic heterocycles. The van der Waals surface area contributed by atoms with Gasteiger partial charge < -0.3 is 19.7 Å². The molecule has 1 unspecified atom stereocenters. The highest BCUT2D eigenvalue weighted by Gasteiger charge is 2.04. The Morgan fingerprint density at radius 2 is 2.00 bits per heavy atom. The number of rotatable bonds is 10. The Kier molecular flexibility index (Phi) is 10.3. The summed E-state index contributed by atoms with van der Waals surface area (Å²) < 4.78 is 10.3. The Balaban J connectivity index is 3.28. The lowest BCUT2D eigenvalue weighted by Crippen LogP contribution is -2.32. The maximum absolute atomic E-state index is 5.40. The SMILES string of the molecule is CNCC(C)CN(C)CCOCCOC. The van der Waals surface area contributed by atoms with Gasteiger partial charge in [-0.3, -0.25) is 0 Å². The van der Waals surface area contributed by atoms with Crippen molar-refractivity contribution >= 4 is 0 Å². The van der Waals surface area contributed by atoms with Gasteiger partial charge in [-0.25, -0.2) is 0 Å². The highest BCUT2D eigenvalue weighted by Crippen LogP contribution is 1.95. The first kappa shape index (κ1) is 14.8. The van der Waals surface area contributed by atoms with Crippen LogP contribution in [-0.4, -0.2) is 65.6 Å². The Morgan fingerprint density at radius 1 is 1.27 bits per heavy atom. The molecule has 1 atom stereocenters. The van der Waals surface area contributed by atoms with Gasteiger partial charge in [-0.2, -0.15) is 0 Å². The van der Waals surface area contributed by atoms with E-state index in [0.29, 0.717) is 19.1 Å². The molecule has 0 bridgehead atoms. The van der Waals surface area contributed by atoms with Crippen LogP contribution in [0.5, 0.6) is 0 Å². The monoisotopic (exact) mass is 218 g/mol. The highest BCUT2D eigenvalue weighted by molar-refractivity contribution is 4.60. The zero-order chi connectivity index (χ0) is 11.5. The molecule has 0 aromatic carbocycles. The molecule has 0 saturated heterocycles. The number of nitrogens with one attached hydrogen (secondary N) is 1. The first-order valence-corrected chi connectivity index (χ1v) is 5.60. The van der Waals surface area contributed by atoms with E-state index in [1.54, 1.807) is 7.11 Å². The fourth-order valence-corrected chi connectivity index (χ4v) is 1.50. The topological polar surface area (TPSA) is 33.7 Å². The summed E-state index contributed by atoms with van der Waals surface area (Å²) in [5, 5.41) is 3.18. The predicted molar refractivity (Wildman–Crippen MR) is 63.3 cm³/mol. The van der Waals surface area contributed by atoms with Crippen LogP contribution >= 0.6 is 0 Å². The minimum absolute atomic E-state index is 0.680. The van der Waals surface area contributed by atoms with Crippen molar-refractivity contribution in [3.63, 3.8) is 0 Å². The molecule has 0 amide bonds. The summed E-state index contributed by atoms with van der Waals surface area (Å²) >= 11 is 0. The van der Waals surface area contributed by atoms with E-state index >= 15 is 0 Å². The second kappa shape index (κ2) is 10.4. The molecule has 92 valence electrons. The first-order valence-electron chi connectivity index (χ1n) is 5.60. The second-order valence-electron chi connectivity index (χ2n) is 4.03. The zero-order valence-electron chi connectivity index (χ0n) is 10.6. The van der Waals surface area contributed by atoms with E-state index in [0.717, 1.165) is 26.2 Å². The Labute approximate surface area is 93.9 Å². The van der Waals surface area contributed by atoms with Crippen molar-refractivity contribution in [2.45, 2.75) is 6.92 Å². The molecule has 0 rings (SSSR count). The number of ether oxygens (including phenoxy) is 2. The van der Waals surface area contributed by atoms with Gasteiger partial charge in [-0.15, -0.1) is 0 Å². The van der Waals surface area contributed by atoms with Crippen molar-refractivity contribution in [3.8, 4) is 0 Å². The summed E-state index contributed by atoms with van der Waals surface area (Å²) in [4.78, 5) is 2.30. The van der Waals surface area contributed by atoms with Crippen molar-refractivity contribution < 1.29 is 9.47 Å². The molecule has 0 spiro atoms. The van der Waals surface area contributed by atoms with E-state index in [4.69, 9.17) is 9.47 Å². The van der Waals surface area contributed by atoms with Gasteiger partial charge >= 0.3 is 0 Å². The lowest BCUT2D eigenvalue weighted by molar-refractivity contribution is 0.0591. The van der Waals surface area contributed by atoms with Gasteiger partial charge in [0.1, 0.15) is 0 Å². The normalized spacial score (nSPS) is 13.4. The largest absolute Gasteiger partial charge is 0.382 e. The molecule has 0 saturated carbocycles. The number of nitrogens with zero attached hydrogens (tertiary/aromatic N) is 1. The van der Waals surface area contributed by atoms with Crippen LogP contribution in [-0.2, 0) is 9.47 Å². The molecule has 4 nitrogen and oxygen atoms in total. The molecule has 0 aromatic rings. The number of methoxy groups -OCH3 is 1. The van der Waals surface area contributed by atoms with Crippen molar-refractivity contribution in [1.29, 1.82) is 0 Å². The fraction of sp³-hybridized carbons (Fsp3) is 1.00. The van der Waals surface area contributed by atoms with Gasteiger partial charge in [-0.1, -0.05) is 6.92 Å². The van der Waals surface area contributed by atoms with Crippen LogP contribution in [0.3, 0.4) is 0 Å². The van der Waals surface area contributed by atoms with Gasteiger partial charge in [0.05, 0.1) is 19.8 Å². The average molecular weight is 218 g/mol. The lowest BCUT2D eigenvalue weighted by Gasteiger charge is -2.20. The summed E-state index contributed by atoms with van der Waals surface area (Å²) in [6.45, 7) is 7.56. The minimum Gasteiger partial charge on any atom is -0.382 e. The van der Waals surface area contributed by atoms with Crippen LogP contribution in [0.1, 0.15) is 6.92 Å². The standard InChI is InChI=1S/C11H26N2O2/c1-11(9-12-2)10-13(3)5-6-15-8-7-14-4/h11-12H,5-10H2,1-4H3. The molecule has 0 aliphatic carbocycles. The van der Waals surface area contributed by atoms with Crippen LogP contribution in [0.2, 0.25) is 0 Å². The third-order valence-electron chi connectivity index (χ3n) is 2.23. The number of likely N-dealkylation sites (N-methyl/N-ethyl adjacent to an activating group) is 1. The molecule has 0 aliphatic heterocycles. The summed E-state index contributed by atoms with van der Waals surface area (Å²) in [7, 11) is 5.81. The van der Waals surface area contributed by atoms with Gasteiger partial charge in [0.15, 0.2) is 0 Å². The van der Waals surface area contributed by atoms with E-state index in [9.17, 15) is 0 Å². The Bertz CT molecular complexity index is 134. The molecule has 0 heterocycles. The average Bonchev–Trinajstić information content (AvgIpc) is 2.17. The second-order valence-corrected chi connectivity index (χ2v) is 4.03. The van der Waals surface area contributed by atoms with Gasteiger partial charge in [0.25, 0.3) is 0 Å². The first-order chi connectivity index (χ1) is 7.20. The van der Waals surface area contributed by atoms with Crippen molar-refractivity contribution in [2.75, 3.05) is 60.7 Å². The zero-order valence-corrected chi connectivity index (χ0v) is 10.6. The van der Waals surface area contributed by atoms with E-state index in [1.807, 2.05) is 7.05 Å². The summed E-state index contributed by atoms with van der Waals surface area (Å²) in [5.41, 5.74) is 0. The molecule has 0 radical (unpaired) electrons. The molecular weight excluding hydrogens is 192 g/mol. The molecule has 15 heavy (non-hydrogen) atoms. The Morgan fingerprint density at radius 3 is 2.60 bits per heavy atom. The summed E-state index contributed by atoms with van der Waals surface area (Å²) in [6.07, 6.45) is 0. The van der Waals surface area contributed by atoms with Crippen LogP contribution in [0.4, 0.5) is 0 Å². The molecule has 1 N–H and O–H groups in total. The van der Waals surface area contributed by atoms with Gasteiger partial charge in [0.2, 0.25) is 0 Å². The lowest BCUT2D eigenvalue weighted by atomic mass is 10.2. The molecular formula is C11H26N2O2. The van der Waals surface area contributed by atoms with Crippen molar-refractivity contribution in [3.05, 3.63) is 0 Å². The highest BCUT2D eigenvalue weighted by atomic mass is 16.5. The van der Waals surface area contributed by atoms with E-state index < -0.39 is 0 Å². The van der Waals surface area contributed by atoms with Crippen LogP contribution in [0.15, 0.2) is 0 Å². The smallest absolute Gasteiger partial charge is 0.0700 e. The molecule has 0 fully saturated rings. The maximum atomic E-state index is 5.40. The third-order valence-corrected chi connectivity index (χ3v) is 2.23. The minimum atomic E-state index is 0.680. The van der Waals surface area contributed by atoms with Crippen molar-refractivity contribution in [2.24, 2.45) is 5.92 Å².